The molecule has 1 fully saturated rings. The van der Waals surface area contributed by atoms with E-state index in [1.54, 1.807) is 7.11 Å². The number of fused-ring (bicyclic) bond motifs is 2. The highest BCUT2D eigenvalue weighted by atomic mass is 16.5. The van der Waals surface area contributed by atoms with Gasteiger partial charge in [0.15, 0.2) is 6.67 Å². The summed E-state index contributed by atoms with van der Waals surface area (Å²) in [4.78, 5) is 27.8. The monoisotopic (exact) mass is 365 g/mol. The van der Waals surface area contributed by atoms with E-state index < -0.39 is 0 Å². The van der Waals surface area contributed by atoms with Gasteiger partial charge in [0.2, 0.25) is 11.8 Å². The van der Waals surface area contributed by atoms with E-state index in [0.29, 0.717) is 19.5 Å². The third kappa shape index (κ3) is 3.35. The molecule has 0 saturated carbocycles. The molecule has 2 aromatic rings. The van der Waals surface area contributed by atoms with Gasteiger partial charge in [-0.15, -0.1) is 0 Å². The molecule has 2 aliphatic rings. The summed E-state index contributed by atoms with van der Waals surface area (Å²) in [5.41, 5.74) is 1.18. The molecule has 3 atom stereocenters. The molecular weight excluding hydrogens is 340 g/mol. The highest BCUT2D eigenvalue weighted by Gasteiger charge is 2.48. The van der Waals surface area contributed by atoms with E-state index >= 15 is 0 Å². The molecule has 1 unspecified atom stereocenters. The van der Waals surface area contributed by atoms with Gasteiger partial charge in [0, 0.05) is 5.56 Å². The molecule has 1 heterocycles. The highest BCUT2D eigenvalue weighted by Crippen LogP contribution is 2.34. The van der Waals surface area contributed by atoms with Crippen LogP contribution < -0.4 is 9.64 Å². The number of ether oxygens (including phenoxy) is 1. The largest absolute Gasteiger partial charge is 0.497 e. The van der Waals surface area contributed by atoms with Gasteiger partial charge in [-0.3, -0.25) is 9.59 Å². The van der Waals surface area contributed by atoms with Crippen molar-refractivity contribution in [2.75, 3.05) is 20.8 Å². The number of nitrogens with zero attached hydrogens (tertiary/aromatic N) is 1. The molecule has 5 nitrogen and oxygen atoms in total. The Balaban J connectivity index is 1.45. The predicted octanol–water partition coefficient (Wildman–Crippen LogP) is 1.77. The molecule has 27 heavy (non-hydrogen) atoms. The number of likely N-dealkylation sites (tertiary alicyclic amines) is 1. The van der Waals surface area contributed by atoms with E-state index in [1.165, 1.54) is 10.5 Å². The lowest BCUT2D eigenvalue weighted by Crippen LogP contribution is -3.09. The molecule has 2 amide bonds. The van der Waals surface area contributed by atoms with Crippen molar-refractivity contribution in [2.45, 2.75) is 19.4 Å². The van der Waals surface area contributed by atoms with Crippen LogP contribution in [0.25, 0.3) is 10.8 Å². The molecule has 5 heteroatoms. The van der Waals surface area contributed by atoms with Gasteiger partial charge < -0.3 is 9.64 Å². The van der Waals surface area contributed by atoms with Crippen LogP contribution in [-0.4, -0.2) is 37.5 Å². The minimum atomic E-state index is -0.147. The molecule has 0 spiro atoms. The summed E-state index contributed by atoms with van der Waals surface area (Å²) >= 11 is 0. The Morgan fingerprint density at radius 1 is 1.00 bits per heavy atom. The molecule has 0 radical (unpaired) electrons. The second kappa shape index (κ2) is 7.16. The zero-order chi connectivity index (χ0) is 19.0. The van der Waals surface area contributed by atoms with E-state index in [-0.39, 0.29) is 23.7 Å². The molecule has 0 aromatic heterocycles. The van der Waals surface area contributed by atoms with Gasteiger partial charge in [0.25, 0.3) is 0 Å². The van der Waals surface area contributed by atoms with Crippen molar-refractivity contribution in [1.82, 2.24) is 4.90 Å². The number of benzene rings is 2. The van der Waals surface area contributed by atoms with Gasteiger partial charge in [-0.1, -0.05) is 30.4 Å². The van der Waals surface area contributed by atoms with Crippen LogP contribution in [0.4, 0.5) is 0 Å². The Labute approximate surface area is 159 Å². The van der Waals surface area contributed by atoms with Crippen molar-refractivity contribution >= 4 is 22.6 Å². The van der Waals surface area contributed by atoms with Crippen LogP contribution in [0.15, 0.2) is 48.6 Å². The summed E-state index contributed by atoms with van der Waals surface area (Å²) in [6.45, 7) is 1.18. The van der Waals surface area contributed by atoms with Crippen LogP contribution in [0.5, 0.6) is 5.75 Å². The molecule has 1 aliphatic heterocycles. The summed E-state index contributed by atoms with van der Waals surface area (Å²) < 4.78 is 5.27. The average molecular weight is 365 g/mol. The minimum Gasteiger partial charge on any atom is -0.497 e. The molecule has 2 aromatic carbocycles. The normalized spacial score (nSPS) is 23.0. The fraction of sp³-hybridized carbons (Fsp3) is 0.364. The zero-order valence-corrected chi connectivity index (χ0v) is 15.8. The van der Waals surface area contributed by atoms with Gasteiger partial charge in [0.1, 0.15) is 12.3 Å². The van der Waals surface area contributed by atoms with Crippen molar-refractivity contribution in [3.63, 3.8) is 0 Å². The third-order valence-electron chi connectivity index (χ3n) is 5.64. The van der Waals surface area contributed by atoms with Crippen molar-refractivity contribution in [2.24, 2.45) is 11.8 Å². The number of carbonyl (C=O) groups excluding carboxylic acids is 2. The zero-order valence-electron chi connectivity index (χ0n) is 15.8. The van der Waals surface area contributed by atoms with E-state index in [1.807, 2.05) is 31.3 Å². The first-order chi connectivity index (χ1) is 13.1. The number of nitrogens with one attached hydrogen (secondary N) is 1. The van der Waals surface area contributed by atoms with E-state index in [9.17, 15) is 9.59 Å². The van der Waals surface area contributed by atoms with Crippen LogP contribution in [0.3, 0.4) is 0 Å². The van der Waals surface area contributed by atoms with Crippen LogP contribution in [0, 0.1) is 11.8 Å². The lowest BCUT2D eigenvalue weighted by molar-refractivity contribution is -0.901. The number of allylic oxidation sites excluding steroid dienone is 2. The molecule has 0 bridgehead atoms. The molecule has 1 aliphatic carbocycles. The number of carbonyl (C=O) groups is 2. The van der Waals surface area contributed by atoms with E-state index in [2.05, 4.69) is 24.3 Å². The molecule has 1 N–H and O–H groups in total. The van der Waals surface area contributed by atoms with Gasteiger partial charge in [0.05, 0.1) is 26.0 Å². The first kappa shape index (κ1) is 17.7. The third-order valence-corrected chi connectivity index (χ3v) is 5.64. The van der Waals surface area contributed by atoms with Gasteiger partial charge >= 0.3 is 0 Å². The van der Waals surface area contributed by atoms with Crippen LogP contribution in [-0.2, 0) is 16.1 Å². The minimum absolute atomic E-state index is 0.000642. The number of imide groups is 1. The topological polar surface area (TPSA) is 51.1 Å². The Morgan fingerprint density at radius 2 is 1.63 bits per heavy atom. The fourth-order valence-corrected chi connectivity index (χ4v) is 4.21. The van der Waals surface area contributed by atoms with Crippen molar-refractivity contribution in [1.29, 1.82) is 0 Å². The van der Waals surface area contributed by atoms with Gasteiger partial charge in [-0.05, 0) is 41.8 Å². The molecule has 140 valence electrons. The van der Waals surface area contributed by atoms with Crippen LogP contribution in [0.1, 0.15) is 18.4 Å². The summed E-state index contributed by atoms with van der Waals surface area (Å²) in [7, 11) is 3.69. The maximum atomic E-state index is 12.6. The average Bonchev–Trinajstić information content (AvgIpc) is 2.92. The second-order valence-corrected chi connectivity index (χ2v) is 7.60. The number of hydrogen-bond acceptors (Lipinski definition) is 3. The standard InChI is InChI=1S/C22H24N2O3/c1-23(14-24-21(25)19-5-3-4-6-20(19)22(24)26)13-15-7-8-17-12-18(27-2)10-9-16(17)11-15/h3-4,7-12,19-20H,5-6,13-14H2,1-2H3/p+1/t19-,20+. The van der Waals surface area contributed by atoms with Gasteiger partial charge in [-0.25, -0.2) is 4.90 Å². The highest BCUT2D eigenvalue weighted by molar-refractivity contribution is 6.05. The Bertz CT molecular complexity index is 895. The quantitative estimate of drug-likeness (QED) is 0.649. The first-order valence-electron chi connectivity index (χ1n) is 9.45. The summed E-state index contributed by atoms with van der Waals surface area (Å²) in [5, 5.41) is 2.30. The van der Waals surface area contributed by atoms with Gasteiger partial charge in [-0.2, -0.15) is 0 Å². The number of methoxy groups -OCH3 is 1. The second-order valence-electron chi connectivity index (χ2n) is 7.60. The lowest BCUT2D eigenvalue weighted by Gasteiger charge is -2.21. The van der Waals surface area contributed by atoms with Crippen molar-refractivity contribution in [3.8, 4) is 5.75 Å². The Hall–Kier alpha value is -2.66. The fourth-order valence-electron chi connectivity index (χ4n) is 4.21. The molecule has 4 rings (SSSR count). The molecule has 1 saturated heterocycles. The number of hydrogen-bond donors (Lipinski definition) is 1. The first-order valence-corrected chi connectivity index (χ1v) is 9.45. The summed E-state index contributed by atoms with van der Waals surface area (Å²) in [6, 6.07) is 12.4. The number of rotatable bonds is 5. The van der Waals surface area contributed by atoms with Crippen molar-refractivity contribution < 1.29 is 19.2 Å². The number of amides is 2. The van der Waals surface area contributed by atoms with Crippen LogP contribution in [0.2, 0.25) is 0 Å². The lowest BCUT2D eigenvalue weighted by atomic mass is 9.85. The van der Waals surface area contributed by atoms with E-state index in [0.717, 1.165) is 28.0 Å². The smallest absolute Gasteiger partial charge is 0.237 e. The summed E-state index contributed by atoms with van der Waals surface area (Å²) in [6.07, 6.45) is 5.44. The van der Waals surface area contributed by atoms with E-state index in [4.69, 9.17) is 4.74 Å². The van der Waals surface area contributed by atoms with Crippen LogP contribution >= 0.6 is 0 Å². The maximum absolute atomic E-state index is 12.6. The number of quaternary nitrogens is 1. The van der Waals surface area contributed by atoms with Crippen molar-refractivity contribution in [3.05, 3.63) is 54.1 Å². The maximum Gasteiger partial charge on any atom is 0.237 e. The Kier molecular flexibility index (Phi) is 4.70. The Morgan fingerprint density at radius 3 is 2.30 bits per heavy atom. The molecular formula is C22H25N2O3+. The summed E-state index contributed by atoms with van der Waals surface area (Å²) in [5.74, 6) is 0.551. The SMILES string of the molecule is COc1ccc2cc(C[NH+](C)CN3C(=O)[C@H]4CC=CC[C@H]4C3=O)ccc2c1. The predicted molar refractivity (Wildman–Crippen MR) is 103 cm³/mol.